The van der Waals surface area contributed by atoms with E-state index in [4.69, 9.17) is 16.3 Å². The van der Waals surface area contributed by atoms with Crippen LogP contribution in [0.1, 0.15) is 24.8 Å². The zero-order valence-corrected chi connectivity index (χ0v) is 12.5. The number of likely N-dealkylation sites (tertiary alicyclic amines) is 1. The lowest BCUT2D eigenvalue weighted by atomic mass is 10.00. The van der Waals surface area contributed by atoms with E-state index in [2.05, 4.69) is 0 Å². The molecule has 0 aliphatic carbocycles. The number of amides is 1. The Labute approximate surface area is 129 Å². The van der Waals surface area contributed by atoms with Gasteiger partial charge in [0.25, 0.3) is 5.91 Å². The van der Waals surface area contributed by atoms with E-state index in [-0.39, 0.29) is 25.2 Å². The van der Waals surface area contributed by atoms with Gasteiger partial charge in [0.15, 0.2) is 0 Å². The van der Waals surface area contributed by atoms with Crippen LogP contribution in [0.15, 0.2) is 23.8 Å². The van der Waals surface area contributed by atoms with Gasteiger partial charge in [-0.15, -0.1) is 0 Å². The summed E-state index contributed by atoms with van der Waals surface area (Å²) in [6, 6.07) is 5.30. The van der Waals surface area contributed by atoms with Crippen molar-refractivity contribution in [3.63, 3.8) is 0 Å². The second kappa shape index (κ2) is 6.08. The van der Waals surface area contributed by atoms with Gasteiger partial charge in [0, 0.05) is 17.1 Å². The molecule has 1 aromatic carbocycles. The maximum Gasteiger partial charge on any atom is 0.253 e. The minimum absolute atomic E-state index is 0.0162. The first-order valence-electron chi connectivity index (χ1n) is 7.24. The number of carbonyl (C=O) groups excluding carboxylic acids is 1. The Bertz CT molecular complexity index is 585. The number of carbonyl (C=O) groups is 1. The summed E-state index contributed by atoms with van der Waals surface area (Å²) in [6.07, 6.45) is 4.75. The Morgan fingerprint density at radius 3 is 3.10 bits per heavy atom. The molecule has 0 radical (unpaired) electrons. The van der Waals surface area contributed by atoms with Gasteiger partial charge in [0.05, 0.1) is 18.2 Å². The number of nitrogens with zero attached hydrogens (tertiary/aromatic N) is 1. The number of aliphatic hydroxyl groups excluding tert-OH is 1. The smallest absolute Gasteiger partial charge is 0.253 e. The van der Waals surface area contributed by atoms with Crippen molar-refractivity contribution in [2.75, 3.05) is 19.8 Å². The molecular formula is C16H18ClNO3. The predicted molar refractivity (Wildman–Crippen MR) is 81.4 cm³/mol. The molecule has 0 aromatic heterocycles. The van der Waals surface area contributed by atoms with Crippen molar-refractivity contribution in [3.05, 3.63) is 34.4 Å². The van der Waals surface area contributed by atoms with Gasteiger partial charge in [-0.1, -0.05) is 11.6 Å². The van der Waals surface area contributed by atoms with Gasteiger partial charge in [-0.2, -0.15) is 0 Å². The van der Waals surface area contributed by atoms with Gasteiger partial charge in [-0.05, 0) is 43.5 Å². The SMILES string of the molecule is O=C(C1=Cc2cc(Cl)ccc2OC1)N1CCCCC1CO. The summed E-state index contributed by atoms with van der Waals surface area (Å²) in [7, 11) is 0. The fourth-order valence-corrected chi connectivity index (χ4v) is 3.09. The van der Waals surface area contributed by atoms with Crippen LogP contribution in [-0.2, 0) is 4.79 Å². The summed E-state index contributed by atoms with van der Waals surface area (Å²) in [6.45, 7) is 0.980. The molecule has 0 saturated carbocycles. The first kappa shape index (κ1) is 14.4. The van der Waals surface area contributed by atoms with Gasteiger partial charge in [-0.25, -0.2) is 0 Å². The van der Waals surface area contributed by atoms with E-state index in [0.29, 0.717) is 17.1 Å². The Morgan fingerprint density at radius 1 is 1.43 bits per heavy atom. The first-order chi connectivity index (χ1) is 10.2. The number of piperidine rings is 1. The predicted octanol–water partition coefficient (Wildman–Crippen LogP) is 2.49. The van der Waals surface area contributed by atoms with Crippen molar-refractivity contribution in [1.82, 2.24) is 4.90 Å². The Morgan fingerprint density at radius 2 is 2.29 bits per heavy atom. The normalized spacial score (nSPS) is 21.3. The highest BCUT2D eigenvalue weighted by molar-refractivity contribution is 6.30. The highest BCUT2D eigenvalue weighted by atomic mass is 35.5. The van der Waals surface area contributed by atoms with E-state index in [9.17, 15) is 9.90 Å². The minimum Gasteiger partial charge on any atom is -0.488 e. The van der Waals surface area contributed by atoms with Gasteiger partial charge in [0.2, 0.25) is 0 Å². The van der Waals surface area contributed by atoms with E-state index < -0.39 is 0 Å². The maximum absolute atomic E-state index is 12.7. The number of halogens is 1. The summed E-state index contributed by atoms with van der Waals surface area (Å²) >= 11 is 5.99. The fourth-order valence-electron chi connectivity index (χ4n) is 2.91. The van der Waals surface area contributed by atoms with Crippen LogP contribution >= 0.6 is 11.6 Å². The van der Waals surface area contributed by atoms with Gasteiger partial charge in [0.1, 0.15) is 12.4 Å². The number of fused-ring (bicyclic) bond motifs is 1. The number of hydrogen-bond acceptors (Lipinski definition) is 3. The third-order valence-electron chi connectivity index (χ3n) is 4.06. The van der Waals surface area contributed by atoms with Crippen LogP contribution in [-0.4, -0.2) is 41.7 Å². The molecule has 2 aliphatic rings. The molecule has 1 fully saturated rings. The molecule has 112 valence electrons. The first-order valence-corrected chi connectivity index (χ1v) is 7.61. The van der Waals surface area contributed by atoms with Crippen LogP contribution in [0.25, 0.3) is 6.08 Å². The second-order valence-corrected chi connectivity index (χ2v) is 5.91. The maximum atomic E-state index is 12.7. The topological polar surface area (TPSA) is 49.8 Å². The molecule has 0 bridgehead atoms. The van der Waals surface area contributed by atoms with E-state index in [0.717, 1.165) is 30.6 Å². The van der Waals surface area contributed by atoms with E-state index in [1.54, 1.807) is 17.0 Å². The summed E-state index contributed by atoms with van der Waals surface area (Å²) in [5.41, 5.74) is 1.44. The number of hydrogen-bond donors (Lipinski definition) is 1. The van der Waals surface area contributed by atoms with Gasteiger partial charge in [-0.3, -0.25) is 4.79 Å². The van der Waals surface area contributed by atoms with Crippen LogP contribution < -0.4 is 4.74 Å². The molecule has 21 heavy (non-hydrogen) atoms. The fraction of sp³-hybridized carbons (Fsp3) is 0.438. The Hall–Kier alpha value is -1.52. The van der Waals surface area contributed by atoms with Crippen LogP contribution in [0.3, 0.4) is 0 Å². The van der Waals surface area contributed by atoms with Crippen molar-refractivity contribution >= 4 is 23.6 Å². The highest BCUT2D eigenvalue weighted by Crippen LogP contribution is 2.30. The van der Waals surface area contributed by atoms with Crippen molar-refractivity contribution < 1.29 is 14.6 Å². The monoisotopic (exact) mass is 307 g/mol. The van der Waals surface area contributed by atoms with Crippen LogP contribution in [0.2, 0.25) is 5.02 Å². The lowest BCUT2D eigenvalue weighted by Crippen LogP contribution is -2.46. The third kappa shape index (κ3) is 2.92. The summed E-state index contributed by atoms with van der Waals surface area (Å²) in [4.78, 5) is 14.4. The van der Waals surface area contributed by atoms with Crippen molar-refractivity contribution in [2.24, 2.45) is 0 Å². The second-order valence-electron chi connectivity index (χ2n) is 5.47. The highest BCUT2D eigenvalue weighted by Gasteiger charge is 2.29. The molecule has 1 amide bonds. The molecule has 1 N–H and O–H groups in total. The van der Waals surface area contributed by atoms with Crippen molar-refractivity contribution in [3.8, 4) is 5.75 Å². The molecule has 1 unspecified atom stereocenters. The largest absolute Gasteiger partial charge is 0.488 e. The van der Waals surface area contributed by atoms with Gasteiger partial charge < -0.3 is 14.7 Å². The molecule has 1 aromatic rings. The molecule has 2 heterocycles. The van der Waals surface area contributed by atoms with Crippen LogP contribution in [0.5, 0.6) is 5.75 Å². The zero-order valence-electron chi connectivity index (χ0n) is 11.7. The Balaban J connectivity index is 1.85. The van der Waals surface area contributed by atoms with Gasteiger partial charge >= 0.3 is 0 Å². The minimum atomic E-state index is -0.0760. The Kier molecular flexibility index (Phi) is 4.17. The number of aliphatic hydroxyl groups is 1. The summed E-state index contributed by atoms with van der Waals surface area (Å²) in [5.74, 6) is 0.702. The van der Waals surface area contributed by atoms with E-state index in [1.807, 2.05) is 12.1 Å². The molecule has 4 nitrogen and oxygen atoms in total. The van der Waals surface area contributed by atoms with Crippen LogP contribution in [0.4, 0.5) is 0 Å². The molecule has 5 heteroatoms. The lowest BCUT2D eigenvalue weighted by molar-refractivity contribution is -0.132. The quantitative estimate of drug-likeness (QED) is 0.913. The number of rotatable bonds is 2. The van der Waals surface area contributed by atoms with E-state index in [1.165, 1.54) is 0 Å². The van der Waals surface area contributed by atoms with Crippen molar-refractivity contribution in [1.29, 1.82) is 0 Å². The molecule has 1 saturated heterocycles. The van der Waals surface area contributed by atoms with Crippen LogP contribution in [0, 0.1) is 0 Å². The molecule has 1 atom stereocenters. The standard InChI is InChI=1S/C16H18ClNO3/c17-13-4-5-15-11(8-13)7-12(10-21-15)16(20)18-6-2-1-3-14(18)9-19/h4-5,7-8,14,19H,1-3,6,9-10H2. The molecule has 0 spiro atoms. The average Bonchev–Trinajstić information content (AvgIpc) is 2.53. The molecular weight excluding hydrogens is 290 g/mol. The summed E-state index contributed by atoms with van der Waals surface area (Å²) < 4.78 is 5.63. The average molecular weight is 308 g/mol. The van der Waals surface area contributed by atoms with Crippen molar-refractivity contribution in [2.45, 2.75) is 25.3 Å². The summed E-state index contributed by atoms with van der Waals surface area (Å²) in [5, 5.41) is 10.1. The van der Waals surface area contributed by atoms with E-state index >= 15 is 0 Å². The third-order valence-corrected chi connectivity index (χ3v) is 4.29. The number of ether oxygens (including phenoxy) is 1. The zero-order chi connectivity index (χ0) is 14.8. The lowest BCUT2D eigenvalue weighted by Gasteiger charge is -2.35. The molecule has 2 aliphatic heterocycles. The number of benzene rings is 1. The molecule has 3 rings (SSSR count).